The molecule has 0 bridgehead atoms. The maximum Gasteiger partial charge on any atom is 0.341 e. The Kier molecular flexibility index (Phi) is 8.04. The third-order valence-corrected chi connectivity index (χ3v) is 5.61. The van der Waals surface area contributed by atoms with Crippen LogP contribution in [-0.4, -0.2) is 43.3 Å². The van der Waals surface area contributed by atoms with Gasteiger partial charge in [0.15, 0.2) is 6.61 Å². The molecule has 0 radical (unpaired) electrons. The summed E-state index contributed by atoms with van der Waals surface area (Å²) in [5.74, 6) is -0.942. The van der Waals surface area contributed by atoms with Gasteiger partial charge in [0, 0.05) is 24.7 Å². The number of hydrogen-bond donors (Lipinski definition) is 3. The van der Waals surface area contributed by atoms with Crippen LogP contribution in [0.15, 0.2) is 24.3 Å². The summed E-state index contributed by atoms with van der Waals surface area (Å²) in [5, 5.41) is 11.3. The molecule has 9 heteroatoms. The number of rotatable bonds is 10. The average molecular weight is 386 g/mol. The monoisotopic (exact) mass is 386 g/mol. The second-order valence-corrected chi connectivity index (χ2v) is 9.25. The summed E-state index contributed by atoms with van der Waals surface area (Å²) in [6.07, 6.45) is 1.33. The highest BCUT2D eigenvalue weighted by atomic mass is 32.2. The van der Waals surface area contributed by atoms with Gasteiger partial charge in [0.25, 0.3) is 0 Å². The van der Waals surface area contributed by atoms with Crippen LogP contribution in [0.3, 0.4) is 0 Å². The SMILES string of the molecule is CC(C)(C)S(=O)(=O)NCCCCC(=O)Nc1cccc(OCC(=O)O)c1. The number of anilines is 1. The zero-order chi connectivity index (χ0) is 19.8. The number of benzene rings is 1. The largest absolute Gasteiger partial charge is 0.482 e. The van der Waals surface area contributed by atoms with E-state index in [0.717, 1.165) is 0 Å². The molecule has 1 aromatic carbocycles. The molecule has 0 aliphatic heterocycles. The summed E-state index contributed by atoms with van der Waals surface area (Å²) < 4.78 is 30.5. The number of ether oxygens (including phenoxy) is 1. The molecule has 1 rings (SSSR count). The maximum atomic E-state index is 11.9. The zero-order valence-electron chi connectivity index (χ0n) is 15.2. The smallest absolute Gasteiger partial charge is 0.341 e. The molecule has 0 heterocycles. The third-order valence-electron chi connectivity index (χ3n) is 3.41. The van der Waals surface area contributed by atoms with Crippen molar-refractivity contribution in [1.29, 1.82) is 0 Å². The van der Waals surface area contributed by atoms with Gasteiger partial charge in [0.1, 0.15) is 5.75 Å². The summed E-state index contributed by atoms with van der Waals surface area (Å²) in [6, 6.07) is 6.45. The molecule has 1 aromatic rings. The molecule has 8 nitrogen and oxygen atoms in total. The van der Waals surface area contributed by atoms with Crippen molar-refractivity contribution in [2.24, 2.45) is 0 Å². The molecule has 3 N–H and O–H groups in total. The predicted molar refractivity (Wildman–Crippen MR) is 98.7 cm³/mol. The molecule has 0 aliphatic carbocycles. The van der Waals surface area contributed by atoms with Crippen LogP contribution in [0.25, 0.3) is 0 Å². The molecule has 146 valence electrons. The first-order chi connectivity index (χ1) is 12.0. The standard InChI is InChI=1S/C17H26N2O6S/c1-17(2,3)26(23,24)18-10-5-4-9-15(20)19-13-7-6-8-14(11-13)25-12-16(21)22/h6-8,11,18H,4-5,9-10,12H2,1-3H3,(H,19,20)(H,21,22). The van der Waals surface area contributed by atoms with Gasteiger partial charge in [0.05, 0.1) is 4.75 Å². The Morgan fingerprint density at radius 1 is 1.19 bits per heavy atom. The molecule has 0 saturated carbocycles. The number of carbonyl (C=O) groups is 2. The van der Waals surface area contributed by atoms with Crippen molar-refractivity contribution in [2.45, 2.75) is 44.8 Å². The van der Waals surface area contributed by atoms with E-state index in [4.69, 9.17) is 9.84 Å². The fourth-order valence-corrected chi connectivity index (χ4v) is 2.71. The van der Waals surface area contributed by atoms with Gasteiger partial charge in [0.2, 0.25) is 15.9 Å². The Bertz CT molecular complexity index is 725. The summed E-state index contributed by atoms with van der Waals surface area (Å²) >= 11 is 0. The number of sulfonamides is 1. The molecular formula is C17H26N2O6S. The molecular weight excluding hydrogens is 360 g/mol. The second kappa shape index (κ2) is 9.54. The van der Waals surface area contributed by atoms with Crippen LogP contribution in [0.4, 0.5) is 5.69 Å². The van der Waals surface area contributed by atoms with Crippen LogP contribution in [-0.2, 0) is 19.6 Å². The Hall–Kier alpha value is -2.13. The first-order valence-corrected chi connectivity index (χ1v) is 9.73. The summed E-state index contributed by atoms with van der Waals surface area (Å²) in [4.78, 5) is 22.4. The molecule has 0 atom stereocenters. The molecule has 26 heavy (non-hydrogen) atoms. The number of carboxylic acid groups (broad SMARTS) is 1. The molecule has 0 fully saturated rings. The normalized spacial score (nSPS) is 11.8. The van der Waals surface area contributed by atoms with E-state index in [1.165, 1.54) is 6.07 Å². The first kappa shape index (κ1) is 21.9. The van der Waals surface area contributed by atoms with Gasteiger partial charge in [-0.3, -0.25) is 4.79 Å². The number of carbonyl (C=O) groups excluding carboxylic acids is 1. The number of unbranched alkanes of at least 4 members (excludes halogenated alkanes) is 1. The predicted octanol–water partition coefficient (Wildman–Crippen LogP) is 1.98. The van der Waals surface area contributed by atoms with E-state index in [1.54, 1.807) is 39.0 Å². The highest BCUT2D eigenvalue weighted by Crippen LogP contribution is 2.18. The third kappa shape index (κ3) is 7.83. The van der Waals surface area contributed by atoms with Gasteiger partial charge in [-0.25, -0.2) is 17.9 Å². The minimum atomic E-state index is -3.37. The lowest BCUT2D eigenvalue weighted by molar-refractivity contribution is -0.139. The molecule has 0 saturated heterocycles. The van der Waals surface area contributed by atoms with Crippen molar-refractivity contribution in [3.05, 3.63) is 24.3 Å². The average Bonchev–Trinajstić information content (AvgIpc) is 2.51. The van der Waals surface area contributed by atoms with Crippen molar-refractivity contribution in [3.63, 3.8) is 0 Å². The fraction of sp³-hybridized carbons (Fsp3) is 0.529. The molecule has 0 aromatic heterocycles. The second-order valence-electron chi connectivity index (χ2n) is 6.73. The van der Waals surface area contributed by atoms with Crippen LogP contribution in [0.1, 0.15) is 40.0 Å². The Morgan fingerprint density at radius 3 is 2.50 bits per heavy atom. The van der Waals surface area contributed by atoms with Crippen molar-refractivity contribution in [2.75, 3.05) is 18.5 Å². The highest BCUT2D eigenvalue weighted by molar-refractivity contribution is 7.90. The summed E-state index contributed by atoms with van der Waals surface area (Å²) in [6.45, 7) is 4.69. The Balaban J connectivity index is 2.35. The van der Waals surface area contributed by atoms with Gasteiger partial charge in [-0.15, -0.1) is 0 Å². The van der Waals surface area contributed by atoms with Crippen LogP contribution in [0, 0.1) is 0 Å². The Morgan fingerprint density at radius 2 is 1.88 bits per heavy atom. The fourth-order valence-electron chi connectivity index (χ4n) is 1.87. The summed E-state index contributed by atoms with van der Waals surface area (Å²) in [5.41, 5.74) is 0.506. The maximum absolute atomic E-state index is 11.9. The highest BCUT2D eigenvalue weighted by Gasteiger charge is 2.27. The summed E-state index contributed by atoms with van der Waals surface area (Å²) in [7, 11) is -3.37. The van der Waals surface area contributed by atoms with Crippen LogP contribution >= 0.6 is 0 Å². The van der Waals surface area contributed by atoms with Gasteiger partial charge in [-0.05, 0) is 45.7 Å². The molecule has 1 amide bonds. The lowest BCUT2D eigenvalue weighted by Gasteiger charge is -2.19. The number of amides is 1. The van der Waals surface area contributed by atoms with E-state index in [0.29, 0.717) is 24.3 Å². The van der Waals surface area contributed by atoms with E-state index < -0.39 is 27.3 Å². The van der Waals surface area contributed by atoms with E-state index in [9.17, 15) is 18.0 Å². The number of carboxylic acids is 1. The molecule has 0 aliphatic rings. The van der Waals surface area contributed by atoms with E-state index >= 15 is 0 Å². The van der Waals surface area contributed by atoms with Crippen LogP contribution in [0.2, 0.25) is 0 Å². The number of nitrogens with one attached hydrogen (secondary N) is 2. The van der Waals surface area contributed by atoms with Crippen molar-refractivity contribution < 1.29 is 27.9 Å². The minimum Gasteiger partial charge on any atom is -0.482 e. The van der Waals surface area contributed by atoms with Gasteiger partial charge < -0.3 is 15.2 Å². The molecule has 0 spiro atoms. The van der Waals surface area contributed by atoms with E-state index in [2.05, 4.69) is 10.0 Å². The van der Waals surface area contributed by atoms with Gasteiger partial charge in [-0.1, -0.05) is 6.07 Å². The first-order valence-electron chi connectivity index (χ1n) is 8.25. The van der Waals surface area contributed by atoms with Crippen LogP contribution in [0.5, 0.6) is 5.75 Å². The Labute approximate surface area is 154 Å². The minimum absolute atomic E-state index is 0.209. The number of aliphatic carboxylic acids is 1. The van der Waals surface area contributed by atoms with Crippen LogP contribution < -0.4 is 14.8 Å². The van der Waals surface area contributed by atoms with Crippen molar-refractivity contribution in [1.82, 2.24) is 4.72 Å². The zero-order valence-corrected chi connectivity index (χ0v) is 16.1. The van der Waals surface area contributed by atoms with Gasteiger partial charge >= 0.3 is 5.97 Å². The van der Waals surface area contributed by atoms with Gasteiger partial charge in [-0.2, -0.15) is 0 Å². The van der Waals surface area contributed by atoms with Crippen molar-refractivity contribution >= 4 is 27.6 Å². The molecule has 0 unspecified atom stereocenters. The number of hydrogen-bond acceptors (Lipinski definition) is 5. The lowest BCUT2D eigenvalue weighted by Crippen LogP contribution is -2.39. The van der Waals surface area contributed by atoms with Crippen molar-refractivity contribution in [3.8, 4) is 5.75 Å². The van der Waals surface area contributed by atoms with E-state index in [1.807, 2.05) is 0 Å². The lowest BCUT2D eigenvalue weighted by atomic mass is 10.2. The quantitative estimate of drug-likeness (QED) is 0.529. The van der Waals surface area contributed by atoms with E-state index in [-0.39, 0.29) is 18.9 Å². The topological polar surface area (TPSA) is 122 Å².